The van der Waals surface area contributed by atoms with Gasteiger partial charge in [0.2, 0.25) is 0 Å². The number of aromatic nitrogens is 1. The molecule has 2 heteroatoms. The largest absolute Gasteiger partial charge is 0.371 e. The zero-order chi connectivity index (χ0) is 13.5. The zero-order valence-corrected chi connectivity index (χ0v) is 11.1. The minimum absolute atomic E-state index is 0.899. The summed E-state index contributed by atoms with van der Waals surface area (Å²) in [5, 5.41) is 11.2. The highest BCUT2D eigenvalue weighted by Gasteiger charge is 2.17. The van der Waals surface area contributed by atoms with Crippen LogP contribution in [-0.2, 0) is 5.72 Å². The molecule has 0 aliphatic heterocycles. The molecule has 0 aliphatic rings. The molecule has 0 aliphatic carbocycles. The van der Waals surface area contributed by atoms with Crippen molar-refractivity contribution in [3.63, 3.8) is 0 Å². The third kappa shape index (κ3) is 2.15. The molecule has 95 valence electrons. The summed E-state index contributed by atoms with van der Waals surface area (Å²) in [7, 11) is 0. The van der Waals surface area contributed by atoms with Gasteiger partial charge >= 0.3 is 0 Å². The van der Waals surface area contributed by atoms with Crippen LogP contribution in [0.5, 0.6) is 0 Å². The SMILES string of the molecule is CC(C)(O)n1ccc2cc(-c3ccccc3)[c]cc21. The maximum absolute atomic E-state index is 10.1. The van der Waals surface area contributed by atoms with Crippen LogP contribution in [0.2, 0.25) is 0 Å². The van der Waals surface area contributed by atoms with Gasteiger partial charge in [0.05, 0.1) is 5.52 Å². The fourth-order valence-corrected chi connectivity index (χ4v) is 2.34. The number of hydrogen-bond acceptors (Lipinski definition) is 1. The van der Waals surface area contributed by atoms with Crippen molar-refractivity contribution in [2.24, 2.45) is 0 Å². The second-order valence-corrected chi connectivity index (χ2v) is 5.23. The summed E-state index contributed by atoms with van der Waals surface area (Å²) in [6, 6.07) is 19.6. The van der Waals surface area contributed by atoms with Crippen LogP contribution in [-0.4, -0.2) is 9.67 Å². The molecule has 1 radical (unpaired) electrons. The van der Waals surface area contributed by atoms with Crippen LogP contribution in [0.15, 0.2) is 54.7 Å². The van der Waals surface area contributed by atoms with Crippen molar-refractivity contribution in [1.29, 1.82) is 0 Å². The van der Waals surface area contributed by atoms with E-state index in [1.165, 1.54) is 0 Å². The van der Waals surface area contributed by atoms with Crippen LogP contribution in [0.1, 0.15) is 13.8 Å². The van der Waals surface area contributed by atoms with Gasteiger partial charge in [-0.05, 0) is 49.2 Å². The lowest BCUT2D eigenvalue weighted by atomic mass is 10.0. The van der Waals surface area contributed by atoms with Crippen molar-refractivity contribution in [2.45, 2.75) is 19.6 Å². The number of fused-ring (bicyclic) bond motifs is 1. The Morgan fingerprint density at radius 1 is 1.11 bits per heavy atom. The van der Waals surface area contributed by atoms with Gasteiger partial charge in [0, 0.05) is 11.6 Å². The Bertz CT molecular complexity index is 705. The molecule has 0 atom stereocenters. The summed E-state index contributed by atoms with van der Waals surface area (Å²) in [4.78, 5) is 0. The maximum Gasteiger partial charge on any atom is 0.136 e. The highest BCUT2D eigenvalue weighted by Crippen LogP contribution is 2.27. The summed E-state index contributed by atoms with van der Waals surface area (Å²) in [6.07, 6.45) is 1.91. The van der Waals surface area contributed by atoms with E-state index in [9.17, 15) is 5.11 Å². The standard InChI is InChI=1S/C17H16NO/c1-17(2,19)18-11-10-15-12-14(8-9-16(15)18)13-6-4-3-5-7-13/h3-7,9-12,19H,1-2H3. The van der Waals surface area contributed by atoms with Crippen LogP contribution >= 0.6 is 0 Å². The first-order valence-electron chi connectivity index (χ1n) is 6.37. The van der Waals surface area contributed by atoms with E-state index in [-0.39, 0.29) is 0 Å². The molecule has 0 saturated carbocycles. The van der Waals surface area contributed by atoms with Crippen molar-refractivity contribution in [3.8, 4) is 11.1 Å². The Balaban J connectivity index is 2.14. The highest BCUT2D eigenvalue weighted by atomic mass is 16.3. The Hall–Kier alpha value is -2.06. The van der Waals surface area contributed by atoms with E-state index in [0.717, 1.165) is 22.0 Å². The average molecular weight is 250 g/mol. The summed E-state index contributed by atoms with van der Waals surface area (Å²) < 4.78 is 1.85. The topological polar surface area (TPSA) is 25.2 Å². The van der Waals surface area contributed by atoms with Crippen LogP contribution < -0.4 is 0 Å². The van der Waals surface area contributed by atoms with Gasteiger partial charge in [-0.3, -0.25) is 0 Å². The third-order valence-corrected chi connectivity index (χ3v) is 3.30. The third-order valence-electron chi connectivity index (χ3n) is 3.30. The van der Waals surface area contributed by atoms with Crippen LogP contribution in [0.3, 0.4) is 0 Å². The molecule has 1 heterocycles. The minimum Gasteiger partial charge on any atom is -0.371 e. The molecule has 0 spiro atoms. The van der Waals surface area contributed by atoms with E-state index < -0.39 is 5.72 Å². The molecule has 0 saturated heterocycles. The van der Waals surface area contributed by atoms with Crippen LogP contribution in [0.25, 0.3) is 22.0 Å². The van der Waals surface area contributed by atoms with E-state index in [1.54, 1.807) is 13.8 Å². The van der Waals surface area contributed by atoms with Gasteiger partial charge in [-0.25, -0.2) is 0 Å². The Morgan fingerprint density at radius 3 is 2.53 bits per heavy atom. The van der Waals surface area contributed by atoms with E-state index in [2.05, 4.69) is 24.3 Å². The number of hydrogen-bond donors (Lipinski definition) is 1. The molecule has 3 rings (SSSR count). The second kappa shape index (κ2) is 4.25. The molecule has 3 aromatic rings. The van der Waals surface area contributed by atoms with Gasteiger partial charge in [-0.1, -0.05) is 30.3 Å². The van der Waals surface area contributed by atoms with E-state index in [0.29, 0.717) is 0 Å². The summed E-state index contributed by atoms with van der Waals surface area (Å²) in [5.41, 5.74) is 2.32. The quantitative estimate of drug-likeness (QED) is 0.735. The van der Waals surface area contributed by atoms with Gasteiger partial charge in [0.25, 0.3) is 0 Å². The van der Waals surface area contributed by atoms with Crippen molar-refractivity contribution < 1.29 is 5.11 Å². The van der Waals surface area contributed by atoms with Gasteiger partial charge in [0.15, 0.2) is 0 Å². The highest BCUT2D eigenvalue weighted by molar-refractivity contribution is 5.85. The zero-order valence-electron chi connectivity index (χ0n) is 11.1. The Morgan fingerprint density at radius 2 is 1.84 bits per heavy atom. The molecule has 19 heavy (non-hydrogen) atoms. The minimum atomic E-state index is -0.899. The maximum atomic E-state index is 10.1. The van der Waals surface area contributed by atoms with Crippen molar-refractivity contribution >= 4 is 10.9 Å². The number of benzene rings is 2. The molecule has 0 bridgehead atoms. The second-order valence-electron chi connectivity index (χ2n) is 5.23. The first-order chi connectivity index (χ1) is 9.05. The number of rotatable bonds is 2. The smallest absolute Gasteiger partial charge is 0.136 e. The lowest BCUT2D eigenvalue weighted by molar-refractivity contribution is 0.00624. The van der Waals surface area contributed by atoms with Gasteiger partial charge in [-0.2, -0.15) is 0 Å². The first-order valence-corrected chi connectivity index (χ1v) is 6.37. The van der Waals surface area contributed by atoms with Crippen molar-refractivity contribution in [2.75, 3.05) is 0 Å². The van der Waals surface area contributed by atoms with Gasteiger partial charge in [0.1, 0.15) is 5.72 Å². The molecular formula is C17H16NO. The van der Waals surface area contributed by atoms with E-state index in [1.807, 2.05) is 41.1 Å². The molecule has 0 unspecified atom stereocenters. The molecule has 2 aromatic carbocycles. The number of nitrogens with zero attached hydrogens (tertiary/aromatic N) is 1. The van der Waals surface area contributed by atoms with Crippen molar-refractivity contribution in [3.05, 3.63) is 60.8 Å². The lowest BCUT2D eigenvalue weighted by Crippen LogP contribution is -2.24. The molecular weight excluding hydrogens is 234 g/mol. The lowest BCUT2D eigenvalue weighted by Gasteiger charge is -2.21. The van der Waals surface area contributed by atoms with Gasteiger partial charge in [-0.15, -0.1) is 0 Å². The number of aliphatic hydroxyl groups is 1. The first kappa shape index (κ1) is 12.0. The normalized spacial score (nSPS) is 11.9. The predicted octanol–water partition coefficient (Wildman–Crippen LogP) is 3.79. The summed E-state index contributed by atoms with van der Waals surface area (Å²) >= 11 is 0. The fourth-order valence-electron chi connectivity index (χ4n) is 2.34. The Labute approximate surface area is 112 Å². The average Bonchev–Trinajstić information content (AvgIpc) is 2.82. The Kier molecular flexibility index (Phi) is 2.68. The monoisotopic (exact) mass is 250 g/mol. The van der Waals surface area contributed by atoms with E-state index in [4.69, 9.17) is 0 Å². The van der Waals surface area contributed by atoms with Gasteiger partial charge < -0.3 is 9.67 Å². The summed E-state index contributed by atoms with van der Waals surface area (Å²) in [5.74, 6) is 0. The summed E-state index contributed by atoms with van der Waals surface area (Å²) in [6.45, 7) is 3.55. The molecule has 1 aromatic heterocycles. The molecule has 0 fully saturated rings. The molecule has 1 N–H and O–H groups in total. The van der Waals surface area contributed by atoms with Crippen LogP contribution in [0.4, 0.5) is 0 Å². The fraction of sp³-hybridized carbons (Fsp3) is 0.176. The predicted molar refractivity (Wildman–Crippen MR) is 77.8 cm³/mol. The van der Waals surface area contributed by atoms with Crippen LogP contribution in [0, 0.1) is 6.07 Å². The molecule has 0 amide bonds. The van der Waals surface area contributed by atoms with E-state index >= 15 is 0 Å². The van der Waals surface area contributed by atoms with Crippen molar-refractivity contribution in [1.82, 2.24) is 4.57 Å². The molecule has 2 nitrogen and oxygen atoms in total.